The van der Waals surface area contributed by atoms with Gasteiger partial charge in [-0.2, -0.15) is 0 Å². The SMILES string of the molecule is COc1ccc2c(c1)CC[C@@H]1[C@@H]2CC[C@]2(C)c3c(sc4ncn(CCc5ccc(F)cc5)c(=O)c34)C[C@H]12. The van der Waals surface area contributed by atoms with Gasteiger partial charge in [0.15, 0.2) is 0 Å². The topological polar surface area (TPSA) is 44.1 Å². The van der Waals surface area contributed by atoms with E-state index >= 15 is 0 Å². The Balaban J connectivity index is 1.22. The molecule has 3 aliphatic carbocycles. The normalized spacial score (nSPS) is 25.9. The van der Waals surface area contributed by atoms with Gasteiger partial charge >= 0.3 is 0 Å². The number of aromatic nitrogens is 2. The van der Waals surface area contributed by atoms with Crippen LogP contribution in [0.25, 0.3) is 10.2 Å². The largest absolute Gasteiger partial charge is 0.497 e. The number of fused-ring (bicyclic) bond motifs is 9. The third-order valence-corrected chi connectivity index (χ3v) is 10.7. The fourth-order valence-electron chi connectivity index (χ4n) is 7.77. The smallest absolute Gasteiger partial charge is 0.262 e. The van der Waals surface area contributed by atoms with Crippen molar-refractivity contribution in [2.24, 2.45) is 11.8 Å². The van der Waals surface area contributed by atoms with Crippen LogP contribution in [0.15, 0.2) is 53.6 Å². The molecule has 4 nitrogen and oxygen atoms in total. The number of benzene rings is 2. The van der Waals surface area contributed by atoms with Gasteiger partial charge in [0, 0.05) is 11.4 Å². The van der Waals surface area contributed by atoms with Gasteiger partial charge in [-0.15, -0.1) is 11.3 Å². The molecule has 7 rings (SSSR count). The molecule has 0 spiro atoms. The van der Waals surface area contributed by atoms with Crippen LogP contribution in [0.2, 0.25) is 0 Å². The molecule has 2 heterocycles. The van der Waals surface area contributed by atoms with Crippen molar-refractivity contribution in [2.45, 2.75) is 63.3 Å². The molecule has 0 aliphatic heterocycles. The molecule has 3 aliphatic rings. The minimum absolute atomic E-state index is 0.0235. The molecule has 0 radical (unpaired) electrons. The highest BCUT2D eigenvalue weighted by molar-refractivity contribution is 7.18. The molecule has 190 valence electrons. The first-order valence-corrected chi connectivity index (χ1v) is 14.2. The summed E-state index contributed by atoms with van der Waals surface area (Å²) in [5, 5.41) is 0.853. The first kappa shape index (κ1) is 23.2. The second-order valence-electron chi connectivity index (χ2n) is 11.3. The van der Waals surface area contributed by atoms with E-state index < -0.39 is 0 Å². The van der Waals surface area contributed by atoms with E-state index in [1.807, 2.05) is 0 Å². The van der Waals surface area contributed by atoms with Crippen molar-refractivity contribution >= 4 is 21.6 Å². The van der Waals surface area contributed by atoms with Crippen LogP contribution in [0.4, 0.5) is 4.39 Å². The van der Waals surface area contributed by atoms with Crippen LogP contribution in [-0.2, 0) is 31.2 Å². The maximum Gasteiger partial charge on any atom is 0.262 e. The van der Waals surface area contributed by atoms with Gasteiger partial charge in [-0.1, -0.05) is 25.1 Å². The number of ether oxygens (including phenoxy) is 1. The van der Waals surface area contributed by atoms with E-state index in [1.54, 1.807) is 41.5 Å². The van der Waals surface area contributed by atoms with Crippen molar-refractivity contribution in [3.63, 3.8) is 0 Å². The molecule has 0 bridgehead atoms. The Morgan fingerprint density at radius 3 is 2.84 bits per heavy atom. The molecular formula is C31H31FN2O2S. The Kier molecular flexibility index (Phi) is 5.33. The quantitative estimate of drug-likeness (QED) is 0.316. The predicted molar refractivity (Wildman–Crippen MR) is 145 cm³/mol. The molecule has 0 unspecified atom stereocenters. The Hall–Kier alpha value is -2.99. The van der Waals surface area contributed by atoms with Gasteiger partial charge in [-0.25, -0.2) is 9.37 Å². The molecule has 4 atom stereocenters. The molecule has 0 saturated heterocycles. The second-order valence-corrected chi connectivity index (χ2v) is 12.4. The number of nitrogens with zero attached hydrogens (tertiary/aromatic N) is 2. The first-order valence-electron chi connectivity index (χ1n) is 13.4. The molecule has 1 saturated carbocycles. The lowest BCUT2D eigenvalue weighted by Crippen LogP contribution is -2.43. The van der Waals surface area contributed by atoms with E-state index in [9.17, 15) is 9.18 Å². The monoisotopic (exact) mass is 514 g/mol. The summed E-state index contributed by atoms with van der Waals surface area (Å²) in [7, 11) is 1.74. The maximum absolute atomic E-state index is 13.8. The van der Waals surface area contributed by atoms with Gasteiger partial charge in [0.1, 0.15) is 16.4 Å². The van der Waals surface area contributed by atoms with Gasteiger partial charge in [0.25, 0.3) is 5.56 Å². The summed E-state index contributed by atoms with van der Waals surface area (Å²) in [5.41, 5.74) is 5.39. The molecular weight excluding hydrogens is 483 g/mol. The van der Waals surface area contributed by atoms with Crippen molar-refractivity contribution in [1.29, 1.82) is 0 Å². The third kappa shape index (κ3) is 3.52. The van der Waals surface area contributed by atoms with E-state index in [4.69, 9.17) is 9.72 Å². The average molecular weight is 515 g/mol. The lowest BCUT2D eigenvalue weighted by Gasteiger charge is -2.49. The van der Waals surface area contributed by atoms with Crippen LogP contribution in [0.1, 0.15) is 59.2 Å². The molecule has 37 heavy (non-hydrogen) atoms. The van der Waals surface area contributed by atoms with Crippen molar-refractivity contribution < 1.29 is 9.13 Å². The highest BCUT2D eigenvalue weighted by atomic mass is 32.1. The van der Waals surface area contributed by atoms with E-state index in [1.165, 1.54) is 40.1 Å². The minimum atomic E-state index is -0.239. The minimum Gasteiger partial charge on any atom is -0.497 e. The van der Waals surface area contributed by atoms with Gasteiger partial charge in [0.05, 0.1) is 18.8 Å². The summed E-state index contributed by atoms with van der Waals surface area (Å²) in [4.78, 5) is 20.8. The van der Waals surface area contributed by atoms with E-state index in [-0.39, 0.29) is 16.8 Å². The fourth-order valence-corrected chi connectivity index (χ4v) is 9.10. The van der Waals surface area contributed by atoms with Crippen LogP contribution in [0.3, 0.4) is 0 Å². The molecule has 0 amide bonds. The number of rotatable bonds is 4. The third-order valence-electron chi connectivity index (χ3n) is 9.61. The first-order chi connectivity index (χ1) is 18.0. The van der Waals surface area contributed by atoms with Crippen molar-refractivity contribution in [3.05, 3.63) is 92.1 Å². The van der Waals surface area contributed by atoms with Gasteiger partial charge in [-0.05, 0) is 108 Å². The Labute approximate surface area is 220 Å². The Morgan fingerprint density at radius 1 is 1.19 bits per heavy atom. The standard InChI is InChI=1S/C31H31FN2O2S/c1-31-13-11-23-22-10-8-21(36-2)15-19(22)5-9-24(23)25(31)16-26-28(31)27-29(37-26)33-17-34(30(27)35)14-12-18-3-6-20(32)7-4-18/h3-4,6-8,10,15,17,23-25H,5,9,11-14,16H2,1-2H3/t23-,24-,25-,31+/m1/s1. The lowest BCUT2D eigenvalue weighted by molar-refractivity contribution is 0.106. The number of halogens is 1. The number of thiophene rings is 1. The zero-order valence-corrected chi connectivity index (χ0v) is 22.1. The molecule has 4 aromatic rings. The van der Waals surface area contributed by atoms with Gasteiger partial charge in [-0.3, -0.25) is 9.36 Å². The van der Waals surface area contributed by atoms with Crippen LogP contribution in [0, 0.1) is 17.7 Å². The summed E-state index contributed by atoms with van der Waals surface area (Å²) in [6.45, 7) is 2.97. The number of hydrogen-bond acceptors (Lipinski definition) is 4. The highest BCUT2D eigenvalue weighted by Gasteiger charge is 2.54. The molecule has 1 fully saturated rings. The summed E-state index contributed by atoms with van der Waals surface area (Å²) in [5.74, 6) is 2.52. The zero-order valence-electron chi connectivity index (χ0n) is 21.3. The molecule has 6 heteroatoms. The van der Waals surface area contributed by atoms with Crippen LogP contribution >= 0.6 is 11.3 Å². The van der Waals surface area contributed by atoms with Crippen LogP contribution in [0.5, 0.6) is 5.75 Å². The molecule has 2 aromatic heterocycles. The van der Waals surface area contributed by atoms with E-state index in [0.29, 0.717) is 30.7 Å². The number of methoxy groups -OCH3 is 1. The van der Waals surface area contributed by atoms with Crippen LogP contribution < -0.4 is 10.3 Å². The lowest BCUT2D eigenvalue weighted by atomic mass is 9.55. The number of aryl methyl sites for hydroxylation is 3. The fraction of sp³-hybridized carbons (Fsp3) is 0.419. The summed E-state index contributed by atoms with van der Waals surface area (Å²) in [6.07, 6.45) is 8.01. The summed E-state index contributed by atoms with van der Waals surface area (Å²) in [6, 6.07) is 13.2. The van der Waals surface area contributed by atoms with Crippen molar-refractivity contribution in [1.82, 2.24) is 9.55 Å². The van der Waals surface area contributed by atoms with E-state index in [0.717, 1.165) is 47.2 Å². The van der Waals surface area contributed by atoms with Crippen molar-refractivity contribution in [2.75, 3.05) is 7.11 Å². The molecule has 2 aromatic carbocycles. The summed E-state index contributed by atoms with van der Waals surface area (Å²) < 4.78 is 20.5. The predicted octanol–water partition coefficient (Wildman–Crippen LogP) is 6.42. The maximum atomic E-state index is 13.8. The van der Waals surface area contributed by atoms with Crippen LogP contribution in [-0.4, -0.2) is 16.7 Å². The Morgan fingerprint density at radius 2 is 2.03 bits per heavy atom. The average Bonchev–Trinajstić information content (AvgIpc) is 3.43. The van der Waals surface area contributed by atoms with Gasteiger partial charge < -0.3 is 4.74 Å². The van der Waals surface area contributed by atoms with Gasteiger partial charge in [0.2, 0.25) is 0 Å². The zero-order chi connectivity index (χ0) is 25.3. The van der Waals surface area contributed by atoms with E-state index in [2.05, 4.69) is 25.1 Å². The second kappa shape index (κ2) is 8.52. The highest BCUT2D eigenvalue weighted by Crippen LogP contribution is 2.62. The number of hydrogen-bond donors (Lipinski definition) is 0. The van der Waals surface area contributed by atoms with Crippen molar-refractivity contribution in [3.8, 4) is 5.75 Å². The molecule has 0 N–H and O–H groups in total. The summed E-state index contributed by atoms with van der Waals surface area (Å²) >= 11 is 1.74. The Bertz CT molecular complexity index is 1570.